The lowest BCUT2D eigenvalue weighted by Crippen LogP contribution is -2.05. The van der Waals surface area contributed by atoms with E-state index in [1.165, 1.54) is 6.26 Å². The van der Waals surface area contributed by atoms with Gasteiger partial charge >= 0.3 is 0 Å². The largest absolute Gasteiger partial charge is 0.497 e. The van der Waals surface area contributed by atoms with E-state index in [2.05, 4.69) is 0 Å². The second-order valence-corrected chi connectivity index (χ2v) is 5.16. The third kappa shape index (κ3) is 2.31. The summed E-state index contributed by atoms with van der Waals surface area (Å²) in [4.78, 5) is 12.7. The van der Waals surface area contributed by atoms with Crippen molar-refractivity contribution in [1.29, 1.82) is 0 Å². The Bertz CT molecular complexity index is 875. The van der Waals surface area contributed by atoms with Gasteiger partial charge in [0.2, 0.25) is 5.43 Å². The lowest BCUT2D eigenvalue weighted by Gasteiger charge is -2.08. The molecule has 0 N–H and O–H groups in total. The lowest BCUT2D eigenvalue weighted by atomic mass is 9.99. The molecule has 3 rings (SSSR count). The van der Waals surface area contributed by atoms with Crippen LogP contribution in [-0.4, -0.2) is 7.11 Å². The molecule has 1 aromatic heterocycles. The highest BCUT2D eigenvalue weighted by molar-refractivity contribution is 5.83. The molecule has 1 heterocycles. The van der Waals surface area contributed by atoms with Crippen LogP contribution in [-0.2, 0) is 0 Å². The van der Waals surface area contributed by atoms with Gasteiger partial charge in [0.25, 0.3) is 0 Å². The van der Waals surface area contributed by atoms with Crippen molar-refractivity contribution in [3.05, 3.63) is 64.0 Å². The van der Waals surface area contributed by atoms with Crippen LogP contribution in [0.15, 0.2) is 51.9 Å². The van der Waals surface area contributed by atoms with Crippen LogP contribution in [0, 0.1) is 13.8 Å². The first-order chi connectivity index (χ1) is 10.1. The number of fused-ring (bicyclic) bond motifs is 1. The molecule has 21 heavy (non-hydrogen) atoms. The number of methoxy groups -OCH3 is 1. The number of rotatable bonds is 2. The molecule has 0 radical (unpaired) electrons. The van der Waals surface area contributed by atoms with Gasteiger partial charge in [-0.05, 0) is 37.1 Å². The zero-order valence-corrected chi connectivity index (χ0v) is 12.3. The third-order valence-corrected chi connectivity index (χ3v) is 3.67. The van der Waals surface area contributed by atoms with Crippen molar-refractivity contribution >= 4 is 11.0 Å². The van der Waals surface area contributed by atoms with E-state index in [0.29, 0.717) is 22.3 Å². The fourth-order valence-corrected chi connectivity index (χ4v) is 2.45. The normalized spacial score (nSPS) is 10.8. The van der Waals surface area contributed by atoms with Gasteiger partial charge in [-0.3, -0.25) is 4.79 Å². The van der Waals surface area contributed by atoms with Crippen LogP contribution in [0.3, 0.4) is 0 Å². The summed E-state index contributed by atoms with van der Waals surface area (Å²) in [6.07, 6.45) is 1.53. The minimum absolute atomic E-state index is 0.0207. The molecule has 3 nitrogen and oxygen atoms in total. The van der Waals surface area contributed by atoms with E-state index < -0.39 is 0 Å². The molecule has 0 bridgehead atoms. The van der Waals surface area contributed by atoms with E-state index in [1.807, 2.05) is 32.0 Å². The summed E-state index contributed by atoms with van der Waals surface area (Å²) in [5, 5.41) is 0.564. The molecule has 106 valence electrons. The molecule has 0 aliphatic carbocycles. The van der Waals surface area contributed by atoms with Gasteiger partial charge in [0, 0.05) is 6.07 Å². The van der Waals surface area contributed by atoms with Gasteiger partial charge in [0.15, 0.2) is 0 Å². The maximum Gasteiger partial charge on any atom is 0.200 e. The highest BCUT2D eigenvalue weighted by Crippen LogP contribution is 2.25. The van der Waals surface area contributed by atoms with Crippen LogP contribution >= 0.6 is 0 Å². The van der Waals surface area contributed by atoms with Crippen LogP contribution in [0.5, 0.6) is 5.75 Å². The van der Waals surface area contributed by atoms with Crippen LogP contribution < -0.4 is 10.2 Å². The summed E-state index contributed by atoms with van der Waals surface area (Å²) in [6, 6.07) is 11.3. The number of hydrogen-bond acceptors (Lipinski definition) is 3. The maximum absolute atomic E-state index is 12.7. The van der Waals surface area contributed by atoms with Gasteiger partial charge in [-0.1, -0.05) is 23.8 Å². The molecule has 3 heteroatoms. The fraction of sp³-hybridized carbons (Fsp3) is 0.167. The molecule has 0 saturated carbocycles. The van der Waals surface area contributed by atoms with Crippen molar-refractivity contribution in [2.75, 3.05) is 7.11 Å². The highest BCUT2D eigenvalue weighted by atomic mass is 16.5. The Kier molecular flexibility index (Phi) is 3.26. The SMILES string of the molecule is COc1ccc2c(=O)c(-c3cc(C)ccc3C)coc2c1. The molecule has 2 aromatic carbocycles. The van der Waals surface area contributed by atoms with E-state index >= 15 is 0 Å². The van der Waals surface area contributed by atoms with Gasteiger partial charge < -0.3 is 9.15 Å². The van der Waals surface area contributed by atoms with Gasteiger partial charge in [-0.15, -0.1) is 0 Å². The lowest BCUT2D eigenvalue weighted by molar-refractivity contribution is 0.414. The molecule has 0 saturated heterocycles. The van der Waals surface area contributed by atoms with Crippen molar-refractivity contribution < 1.29 is 9.15 Å². The van der Waals surface area contributed by atoms with Crippen molar-refractivity contribution in [1.82, 2.24) is 0 Å². The summed E-state index contributed by atoms with van der Waals surface area (Å²) >= 11 is 0. The molecular formula is C18H16O3. The standard InChI is InChI=1S/C18H16O3/c1-11-4-5-12(2)15(8-11)16-10-21-17-9-13(20-3)6-7-14(17)18(16)19/h4-10H,1-3H3. The fourth-order valence-electron chi connectivity index (χ4n) is 2.45. The van der Waals surface area contributed by atoms with Crippen molar-refractivity contribution in [2.45, 2.75) is 13.8 Å². The predicted molar refractivity (Wildman–Crippen MR) is 83.9 cm³/mol. The highest BCUT2D eigenvalue weighted by Gasteiger charge is 2.11. The monoisotopic (exact) mass is 280 g/mol. The average Bonchev–Trinajstić information content (AvgIpc) is 2.50. The van der Waals surface area contributed by atoms with E-state index in [9.17, 15) is 4.79 Å². The molecule has 0 fully saturated rings. The van der Waals surface area contributed by atoms with Crippen molar-refractivity contribution in [3.8, 4) is 16.9 Å². The summed E-state index contributed by atoms with van der Waals surface area (Å²) in [7, 11) is 1.59. The first-order valence-electron chi connectivity index (χ1n) is 6.77. The first-order valence-corrected chi connectivity index (χ1v) is 6.77. The Labute approximate surface area is 122 Å². The Morgan fingerprint density at radius 3 is 2.57 bits per heavy atom. The Hall–Kier alpha value is -2.55. The second-order valence-electron chi connectivity index (χ2n) is 5.16. The van der Waals surface area contributed by atoms with E-state index in [4.69, 9.17) is 9.15 Å². The van der Waals surface area contributed by atoms with Gasteiger partial charge in [0.1, 0.15) is 17.6 Å². The average molecular weight is 280 g/mol. The minimum Gasteiger partial charge on any atom is -0.497 e. The third-order valence-electron chi connectivity index (χ3n) is 3.67. The number of benzene rings is 2. The molecule has 0 aliphatic heterocycles. The summed E-state index contributed by atoms with van der Waals surface area (Å²) in [5.74, 6) is 0.671. The van der Waals surface area contributed by atoms with E-state index in [1.54, 1.807) is 25.3 Å². The van der Waals surface area contributed by atoms with E-state index in [0.717, 1.165) is 16.7 Å². The summed E-state index contributed by atoms with van der Waals surface area (Å²) in [5.41, 5.74) is 4.20. The Morgan fingerprint density at radius 2 is 1.81 bits per heavy atom. The van der Waals surface area contributed by atoms with Crippen LogP contribution in [0.4, 0.5) is 0 Å². The molecular weight excluding hydrogens is 264 g/mol. The van der Waals surface area contributed by atoms with Gasteiger partial charge in [-0.2, -0.15) is 0 Å². The first kappa shape index (κ1) is 13.4. The number of aryl methyl sites for hydroxylation is 2. The predicted octanol–water partition coefficient (Wildman–Crippen LogP) is 4.09. The topological polar surface area (TPSA) is 39.4 Å². The Morgan fingerprint density at radius 1 is 1.00 bits per heavy atom. The smallest absolute Gasteiger partial charge is 0.200 e. The van der Waals surface area contributed by atoms with Crippen LogP contribution in [0.1, 0.15) is 11.1 Å². The number of hydrogen-bond donors (Lipinski definition) is 0. The second kappa shape index (κ2) is 5.09. The quantitative estimate of drug-likeness (QED) is 0.710. The zero-order chi connectivity index (χ0) is 15.0. The molecule has 0 aliphatic rings. The summed E-state index contributed by atoms with van der Waals surface area (Å²) < 4.78 is 10.8. The maximum atomic E-state index is 12.7. The van der Waals surface area contributed by atoms with Crippen molar-refractivity contribution in [2.24, 2.45) is 0 Å². The van der Waals surface area contributed by atoms with Crippen LogP contribution in [0.25, 0.3) is 22.1 Å². The van der Waals surface area contributed by atoms with Gasteiger partial charge in [0.05, 0.1) is 18.1 Å². The number of ether oxygens (including phenoxy) is 1. The van der Waals surface area contributed by atoms with Crippen LogP contribution in [0.2, 0.25) is 0 Å². The molecule has 0 spiro atoms. The Balaban J connectivity index is 2.27. The van der Waals surface area contributed by atoms with E-state index in [-0.39, 0.29) is 5.43 Å². The van der Waals surface area contributed by atoms with Gasteiger partial charge in [-0.25, -0.2) is 0 Å². The summed E-state index contributed by atoms with van der Waals surface area (Å²) in [6.45, 7) is 4.00. The van der Waals surface area contributed by atoms with Crippen molar-refractivity contribution in [3.63, 3.8) is 0 Å². The molecule has 3 aromatic rings. The molecule has 0 amide bonds. The molecule has 0 unspecified atom stereocenters. The minimum atomic E-state index is -0.0207. The molecule has 0 atom stereocenters. The zero-order valence-electron chi connectivity index (χ0n) is 12.3.